The van der Waals surface area contributed by atoms with Crippen molar-refractivity contribution in [3.8, 4) is 0 Å². The molecule has 1 aliphatic rings. The topological polar surface area (TPSA) is 58.4 Å². The van der Waals surface area contributed by atoms with Gasteiger partial charge >= 0.3 is 6.18 Å². The standard InChI is InChI=1S/C13H18F3N3O2/c1-2-19-8-10(11(17-19)13(14,15)16)12(21)18-6-3-4-9(20)5-7-18/h8-9,20H,2-7H2,1H3. The molecule has 1 N–H and O–H groups in total. The number of aromatic nitrogens is 2. The van der Waals surface area contributed by atoms with E-state index in [0.717, 1.165) is 10.9 Å². The monoisotopic (exact) mass is 305 g/mol. The summed E-state index contributed by atoms with van der Waals surface area (Å²) < 4.78 is 40.1. The quantitative estimate of drug-likeness (QED) is 0.908. The van der Waals surface area contributed by atoms with Crippen molar-refractivity contribution in [2.45, 2.75) is 45.0 Å². The average Bonchev–Trinajstić information content (AvgIpc) is 2.75. The molecule has 1 aromatic heterocycles. The highest BCUT2D eigenvalue weighted by Gasteiger charge is 2.40. The third kappa shape index (κ3) is 3.55. The lowest BCUT2D eigenvalue weighted by atomic mass is 10.2. The summed E-state index contributed by atoms with van der Waals surface area (Å²) in [4.78, 5) is 13.7. The molecule has 5 nitrogen and oxygen atoms in total. The number of aliphatic hydroxyl groups is 1. The Morgan fingerprint density at radius 3 is 2.76 bits per heavy atom. The number of carbonyl (C=O) groups is 1. The van der Waals surface area contributed by atoms with Gasteiger partial charge < -0.3 is 10.0 Å². The molecule has 0 saturated carbocycles. The molecule has 1 fully saturated rings. The zero-order valence-electron chi connectivity index (χ0n) is 11.7. The fraction of sp³-hybridized carbons (Fsp3) is 0.692. The minimum Gasteiger partial charge on any atom is -0.393 e. The molecule has 0 radical (unpaired) electrons. The molecule has 1 aliphatic heterocycles. The van der Waals surface area contributed by atoms with E-state index in [2.05, 4.69) is 5.10 Å². The molecule has 118 valence electrons. The van der Waals surface area contributed by atoms with Crippen LogP contribution in [0, 0.1) is 0 Å². The van der Waals surface area contributed by atoms with E-state index < -0.39 is 29.4 Å². The molecular weight excluding hydrogens is 287 g/mol. The maximum Gasteiger partial charge on any atom is 0.435 e. The SMILES string of the molecule is CCn1cc(C(=O)N2CCCC(O)CC2)c(C(F)(F)F)n1. The summed E-state index contributed by atoms with van der Waals surface area (Å²) in [6.45, 7) is 2.53. The zero-order valence-corrected chi connectivity index (χ0v) is 11.7. The average molecular weight is 305 g/mol. The Labute approximate surface area is 120 Å². The minimum absolute atomic E-state index is 0.259. The summed E-state index contributed by atoms with van der Waals surface area (Å²) in [6.07, 6.45) is -2.48. The van der Waals surface area contributed by atoms with Crippen molar-refractivity contribution in [1.82, 2.24) is 14.7 Å². The van der Waals surface area contributed by atoms with Gasteiger partial charge in [0.1, 0.15) is 0 Å². The zero-order chi connectivity index (χ0) is 15.6. The first-order valence-corrected chi connectivity index (χ1v) is 6.95. The van der Waals surface area contributed by atoms with Crippen LogP contribution in [0.25, 0.3) is 0 Å². The summed E-state index contributed by atoms with van der Waals surface area (Å²) in [7, 11) is 0. The van der Waals surface area contributed by atoms with Gasteiger partial charge in [0.05, 0.1) is 11.7 Å². The summed E-state index contributed by atoms with van der Waals surface area (Å²) in [5.74, 6) is -0.670. The Hall–Kier alpha value is -1.57. The Morgan fingerprint density at radius 2 is 2.14 bits per heavy atom. The second-order valence-corrected chi connectivity index (χ2v) is 5.12. The van der Waals surface area contributed by atoms with E-state index in [1.165, 1.54) is 4.90 Å². The van der Waals surface area contributed by atoms with Crippen molar-refractivity contribution in [1.29, 1.82) is 0 Å². The molecule has 2 rings (SSSR count). The van der Waals surface area contributed by atoms with Gasteiger partial charge in [-0.3, -0.25) is 9.48 Å². The van der Waals surface area contributed by atoms with Gasteiger partial charge in [-0.1, -0.05) is 0 Å². The van der Waals surface area contributed by atoms with E-state index in [-0.39, 0.29) is 13.1 Å². The van der Waals surface area contributed by atoms with Crippen molar-refractivity contribution in [3.63, 3.8) is 0 Å². The predicted octanol–water partition coefficient (Wildman–Crippen LogP) is 1.91. The van der Waals surface area contributed by atoms with Gasteiger partial charge in [0.2, 0.25) is 0 Å². The van der Waals surface area contributed by atoms with Gasteiger partial charge in [0.25, 0.3) is 5.91 Å². The first-order valence-electron chi connectivity index (χ1n) is 6.95. The van der Waals surface area contributed by atoms with E-state index in [0.29, 0.717) is 25.8 Å². The smallest absolute Gasteiger partial charge is 0.393 e. The normalized spacial score (nSPS) is 20.4. The molecule has 0 spiro atoms. The van der Waals surface area contributed by atoms with Crippen LogP contribution in [0.15, 0.2) is 6.20 Å². The van der Waals surface area contributed by atoms with Gasteiger partial charge in [-0.15, -0.1) is 0 Å². The lowest BCUT2D eigenvalue weighted by Crippen LogP contribution is -2.33. The predicted molar refractivity (Wildman–Crippen MR) is 68.7 cm³/mol. The number of aryl methyl sites for hydroxylation is 1. The molecule has 1 amide bonds. The van der Waals surface area contributed by atoms with E-state index in [4.69, 9.17) is 0 Å². The maximum absolute atomic E-state index is 13.0. The number of rotatable bonds is 2. The van der Waals surface area contributed by atoms with Crippen LogP contribution >= 0.6 is 0 Å². The fourth-order valence-corrected chi connectivity index (χ4v) is 2.40. The van der Waals surface area contributed by atoms with Crippen molar-refractivity contribution in [2.24, 2.45) is 0 Å². The number of hydrogen-bond acceptors (Lipinski definition) is 3. The molecule has 8 heteroatoms. The van der Waals surface area contributed by atoms with Crippen LogP contribution in [0.5, 0.6) is 0 Å². The van der Waals surface area contributed by atoms with Crippen LogP contribution in [0.2, 0.25) is 0 Å². The van der Waals surface area contributed by atoms with Gasteiger partial charge in [-0.25, -0.2) is 0 Å². The van der Waals surface area contributed by atoms with Gasteiger partial charge in [-0.05, 0) is 26.2 Å². The summed E-state index contributed by atoms with van der Waals surface area (Å²) >= 11 is 0. The number of carbonyl (C=O) groups excluding carboxylic acids is 1. The third-order valence-corrected chi connectivity index (χ3v) is 3.57. The fourth-order valence-electron chi connectivity index (χ4n) is 2.40. The first kappa shape index (κ1) is 15.8. The number of halogens is 3. The van der Waals surface area contributed by atoms with E-state index in [9.17, 15) is 23.1 Å². The lowest BCUT2D eigenvalue weighted by molar-refractivity contribution is -0.141. The number of nitrogens with zero attached hydrogens (tertiary/aromatic N) is 3. The van der Waals surface area contributed by atoms with E-state index in [1.807, 2.05) is 0 Å². The molecular formula is C13H18F3N3O2. The summed E-state index contributed by atoms with van der Waals surface area (Å²) in [6, 6.07) is 0. The van der Waals surface area contributed by atoms with E-state index in [1.54, 1.807) is 6.92 Å². The third-order valence-electron chi connectivity index (χ3n) is 3.57. The second kappa shape index (κ2) is 6.05. The molecule has 21 heavy (non-hydrogen) atoms. The molecule has 1 aromatic rings. The van der Waals surface area contributed by atoms with Crippen molar-refractivity contribution >= 4 is 5.91 Å². The highest BCUT2D eigenvalue weighted by Crippen LogP contribution is 2.31. The summed E-state index contributed by atoms with van der Waals surface area (Å²) in [5.41, 5.74) is -1.56. The molecule has 0 bridgehead atoms. The first-order chi connectivity index (χ1) is 9.82. The van der Waals surface area contributed by atoms with Crippen LogP contribution in [0.3, 0.4) is 0 Å². The highest BCUT2D eigenvalue weighted by molar-refractivity contribution is 5.95. The molecule has 1 atom stereocenters. The van der Waals surface area contributed by atoms with Crippen LogP contribution in [0.1, 0.15) is 42.2 Å². The van der Waals surface area contributed by atoms with Crippen LogP contribution in [-0.2, 0) is 12.7 Å². The molecule has 2 heterocycles. The van der Waals surface area contributed by atoms with E-state index >= 15 is 0 Å². The second-order valence-electron chi connectivity index (χ2n) is 5.12. The maximum atomic E-state index is 13.0. The minimum atomic E-state index is -4.66. The van der Waals surface area contributed by atoms with Crippen molar-refractivity contribution in [2.75, 3.05) is 13.1 Å². The highest BCUT2D eigenvalue weighted by atomic mass is 19.4. The van der Waals surface area contributed by atoms with Gasteiger partial charge in [0.15, 0.2) is 5.69 Å². The molecule has 1 saturated heterocycles. The van der Waals surface area contributed by atoms with Gasteiger partial charge in [0, 0.05) is 25.8 Å². The number of alkyl halides is 3. The number of amides is 1. The molecule has 0 aliphatic carbocycles. The van der Waals surface area contributed by atoms with Crippen molar-refractivity contribution < 1.29 is 23.1 Å². The van der Waals surface area contributed by atoms with Crippen LogP contribution < -0.4 is 0 Å². The Kier molecular flexibility index (Phi) is 4.55. The molecule has 1 unspecified atom stereocenters. The number of likely N-dealkylation sites (tertiary alicyclic amines) is 1. The lowest BCUT2D eigenvalue weighted by Gasteiger charge is -2.20. The Bertz CT molecular complexity index is 513. The Morgan fingerprint density at radius 1 is 1.43 bits per heavy atom. The number of hydrogen-bond donors (Lipinski definition) is 1. The van der Waals surface area contributed by atoms with Crippen LogP contribution in [0.4, 0.5) is 13.2 Å². The summed E-state index contributed by atoms with van der Waals surface area (Å²) in [5, 5.41) is 13.0. The van der Waals surface area contributed by atoms with Crippen molar-refractivity contribution in [3.05, 3.63) is 17.5 Å². The van der Waals surface area contributed by atoms with Crippen LogP contribution in [-0.4, -0.2) is 44.9 Å². The van der Waals surface area contributed by atoms with Gasteiger partial charge in [-0.2, -0.15) is 18.3 Å². The Balaban J connectivity index is 2.27. The molecule has 0 aromatic carbocycles. The number of aliphatic hydroxyl groups excluding tert-OH is 1. The largest absolute Gasteiger partial charge is 0.435 e.